The summed E-state index contributed by atoms with van der Waals surface area (Å²) in [5, 5.41) is 3.36. The van der Waals surface area contributed by atoms with E-state index in [2.05, 4.69) is 35.6 Å². The van der Waals surface area contributed by atoms with Crippen LogP contribution < -0.4 is 5.32 Å². The molecule has 0 saturated carbocycles. The van der Waals surface area contributed by atoms with E-state index >= 15 is 0 Å². The van der Waals surface area contributed by atoms with Gasteiger partial charge in [-0.2, -0.15) is 0 Å². The summed E-state index contributed by atoms with van der Waals surface area (Å²) in [7, 11) is 0. The normalized spacial score (nSPS) is 21.7. The number of hydrogen-bond acceptors (Lipinski definition) is 3. The van der Waals surface area contributed by atoms with E-state index in [9.17, 15) is 0 Å². The van der Waals surface area contributed by atoms with Crippen LogP contribution in [0, 0.1) is 5.41 Å². The molecular weight excluding hydrogens is 214 g/mol. The molecule has 1 saturated heterocycles. The Morgan fingerprint density at radius 3 is 3.06 bits per heavy atom. The van der Waals surface area contributed by atoms with Gasteiger partial charge in [0.2, 0.25) is 0 Å². The first-order valence-corrected chi connectivity index (χ1v) is 6.45. The van der Waals surface area contributed by atoms with Crippen LogP contribution in [0.2, 0.25) is 0 Å². The van der Waals surface area contributed by atoms with Gasteiger partial charge in [0.25, 0.3) is 0 Å². The van der Waals surface area contributed by atoms with Crippen molar-refractivity contribution >= 4 is 0 Å². The van der Waals surface area contributed by atoms with E-state index in [4.69, 9.17) is 4.74 Å². The summed E-state index contributed by atoms with van der Waals surface area (Å²) in [4.78, 5) is 4.27. The molecule has 0 bridgehead atoms. The minimum Gasteiger partial charge on any atom is -0.369 e. The van der Waals surface area contributed by atoms with Crippen LogP contribution in [0.5, 0.6) is 0 Å². The molecule has 1 unspecified atom stereocenters. The van der Waals surface area contributed by atoms with Crippen molar-refractivity contribution in [2.24, 2.45) is 5.41 Å². The van der Waals surface area contributed by atoms with Crippen molar-refractivity contribution in [3.63, 3.8) is 0 Å². The zero-order valence-corrected chi connectivity index (χ0v) is 11.1. The van der Waals surface area contributed by atoms with Crippen molar-refractivity contribution in [3.05, 3.63) is 18.2 Å². The number of nitrogens with one attached hydrogen (secondary N) is 1. The van der Waals surface area contributed by atoms with Gasteiger partial charge < -0.3 is 14.6 Å². The monoisotopic (exact) mass is 237 g/mol. The molecule has 4 nitrogen and oxygen atoms in total. The van der Waals surface area contributed by atoms with Crippen LogP contribution in [0.25, 0.3) is 0 Å². The lowest BCUT2D eigenvalue weighted by Gasteiger charge is -2.28. The largest absolute Gasteiger partial charge is 0.369 e. The van der Waals surface area contributed by atoms with Gasteiger partial charge in [-0.3, -0.25) is 0 Å². The molecule has 0 aromatic carbocycles. The molecule has 0 spiro atoms. The van der Waals surface area contributed by atoms with Crippen molar-refractivity contribution in [2.45, 2.75) is 39.8 Å². The minimum absolute atomic E-state index is 0.152. The average Bonchev–Trinajstić information content (AvgIpc) is 2.77. The van der Waals surface area contributed by atoms with Gasteiger partial charge in [-0.1, -0.05) is 20.8 Å². The van der Waals surface area contributed by atoms with Crippen LogP contribution in [-0.4, -0.2) is 29.2 Å². The number of imidazole rings is 1. The fourth-order valence-corrected chi connectivity index (χ4v) is 2.06. The van der Waals surface area contributed by atoms with E-state index in [-0.39, 0.29) is 6.10 Å². The fourth-order valence-electron chi connectivity index (χ4n) is 2.06. The zero-order chi connectivity index (χ0) is 12.3. The highest BCUT2D eigenvalue weighted by Crippen LogP contribution is 2.26. The predicted molar refractivity (Wildman–Crippen MR) is 67.9 cm³/mol. The smallest absolute Gasteiger partial charge is 0.111 e. The van der Waals surface area contributed by atoms with Gasteiger partial charge in [-0.25, -0.2) is 4.98 Å². The van der Waals surface area contributed by atoms with Crippen molar-refractivity contribution in [1.29, 1.82) is 0 Å². The number of nitrogens with zero attached hydrogens (tertiary/aromatic N) is 2. The summed E-state index contributed by atoms with van der Waals surface area (Å²) >= 11 is 0. The quantitative estimate of drug-likeness (QED) is 0.870. The lowest BCUT2D eigenvalue weighted by Crippen LogP contribution is -2.34. The van der Waals surface area contributed by atoms with Crippen LogP contribution in [0.4, 0.5) is 0 Å². The molecule has 1 aliphatic heterocycles. The fraction of sp³-hybridized carbons (Fsp3) is 0.769. The Labute approximate surface area is 103 Å². The molecule has 4 heteroatoms. The van der Waals surface area contributed by atoms with Crippen LogP contribution in [0.15, 0.2) is 12.5 Å². The summed E-state index contributed by atoms with van der Waals surface area (Å²) in [5.41, 5.74) is 1.50. The van der Waals surface area contributed by atoms with E-state index in [1.165, 1.54) is 5.69 Å². The molecule has 0 aliphatic carbocycles. The van der Waals surface area contributed by atoms with E-state index in [0.29, 0.717) is 5.41 Å². The van der Waals surface area contributed by atoms with Gasteiger partial charge in [0, 0.05) is 19.6 Å². The maximum absolute atomic E-state index is 5.79. The summed E-state index contributed by atoms with van der Waals surface area (Å²) < 4.78 is 8.03. The Kier molecular flexibility index (Phi) is 3.84. The topological polar surface area (TPSA) is 39.1 Å². The SMILES string of the molecule is CCC(C)(C)Cn1cncc1C1CNCCO1. The first-order valence-electron chi connectivity index (χ1n) is 6.45. The van der Waals surface area contributed by atoms with Crippen molar-refractivity contribution < 1.29 is 4.74 Å². The first-order chi connectivity index (χ1) is 8.12. The second kappa shape index (κ2) is 5.19. The van der Waals surface area contributed by atoms with E-state index in [1.54, 1.807) is 0 Å². The molecule has 1 aromatic rings. The van der Waals surface area contributed by atoms with Gasteiger partial charge in [-0.05, 0) is 11.8 Å². The summed E-state index contributed by atoms with van der Waals surface area (Å²) in [6, 6.07) is 0. The summed E-state index contributed by atoms with van der Waals surface area (Å²) in [6.07, 6.45) is 5.17. The van der Waals surface area contributed by atoms with Crippen LogP contribution >= 0.6 is 0 Å². The molecule has 1 atom stereocenters. The molecule has 17 heavy (non-hydrogen) atoms. The second-order valence-electron chi connectivity index (χ2n) is 5.53. The molecule has 0 radical (unpaired) electrons. The Hall–Kier alpha value is -0.870. The average molecular weight is 237 g/mol. The number of rotatable bonds is 4. The highest BCUT2D eigenvalue weighted by atomic mass is 16.5. The number of hydrogen-bond donors (Lipinski definition) is 1. The maximum atomic E-state index is 5.79. The standard InChI is InChI=1S/C13H23N3O/c1-4-13(2,3)9-16-10-15-7-11(16)12-8-14-5-6-17-12/h7,10,12,14H,4-6,8-9H2,1-3H3. The Morgan fingerprint density at radius 1 is 1.59 bits per heavy atom. The number of morpholine rings is 1. The number of aromatic nitrogens is 2. The maximum Gasteiger partial charge on any atom is 0.111 e. The summed E-state index contributed by atoms with van der Waals surface area (Å²) in [6.45, 7) is 10.4. The number of ether oxygens (including phenoxy) is 1. The van der Waals surface area contributed by atoms with Crippen LogP contribution in [0.1, 0.15) is 39.0 Å². The van der Waals surface area contributed by atoms with Gasteiger partial charge in [-0.15, -0.1) is 0 Å². The molecule has 1 aromatic heterocycles. The van der Waals surface area contributed by atoms with E-state index in [1.807, 2.05) is 12.5 Å². The molecule has 0 amide bonds. The van der Waals surface area contributed by atoms with E-state index in [0.717, 1.165) is 32.7 Å². The third kappa shape index (κ3) is 3.07. The lowest BCUT2D eigenvalue weighted by molar-refractivity contribution is 0.0217. The molecule has 96 valence electrons. The van der Waals surface area contributed by atoms with Gasteiger partial charge in [0.15, 0.2) is 0 Å². The Bertz CT molecular complexity index is 353. The van der Waals surface area contributed by atoms with Crippen LogP contribution in [-0.2, 0) is 11.3 Å². The Morgan fingerprint density at radius 2 is 2.41 bits per heavy atom. The lowest BCUT2D eigenvalue weighted by atomic mass is 9.90. The van der Waals surface area contributed by atoms with Crippen LogP contribution in [0.3, 0.4) is 0 Å². The zero-order valence-electron chi connectivity index (χ0n) is 11.1. The third-order valence-electron chi connectivity index (χ3n) is 3.56. The molecule has 1 N–H and O–H groups in total. The van der Waals surface area contributed by atoms with Crippen molar-refractivity contribution in [3.8, 4) is 0 Å². The first kappa shape index (κ1) is 12.6. The molecular formula is C13H23N3O. The summed E-state index contributed by atoms with van der Waals surface area (Å²) in [5.74, 6) is 0. The molecule has 2 heterocycles. The van der Waals surface area contributed by atoms with E-state index < -0.39 is 0 Å². The second-order valence-corrected chi connectivity index (χ2v) is 5.53. The van der Waals surface area contributed by atoms with Gasteiger partial charge in [0.05, 0.1) is 24.8 Å². The van der Waals surface area contributed by atoms with Crippen molar-refractivity contribution in [1.82, 2.24) is 14.9 Å². The predicted octanol–water partition coefficient (Wildman–Crippen LogP) is 1.98. The highest BCUT2D eigenvalue weighted by molar-refractivity contribution is 5.05. The van der Waals surface area contributed by atoms with Gasteiger partial charge in [0.1, 0.15) is 6.10 Å². The third-order valence-corrected chi connectivity index (χ3v) is 3.56. The molecule has 1 fully saturated rings. The molecule has 2 rings (SSSR count). The van der Waals surface area contributed by atoms with Gasteiger partial charge >= 0.3 is 0 Å². The highest BCUT2D eigenvalue weighted by Gasteiger charge is 2.23. The molecule has 1 aliphatic rings. The Balaban J connectivity index is 2.10. The van der Waals surface area contributed by atoms with Crippen molar-refractivity contribution in [2.75, 3.05) is 19.7 Å². The minimum atomic E-state index is 0.152.